The average Bonchev–Trinajstić information content (AvgIpc) is 2.69. The van der Waals surface area contributed by atoms with Gasteiger partial charge in [-0.15, -0.1) is 0 Å². The number of aryl methyl sites for hydroxylation is 2. The number of thioether (sulfide) groups is 1. The van der Waals surface area contributed by atoms with Crippen LogP contribution in [0.3, 0.4) is 0 Å². The summed E-state index contributed by atoms with van der Waals surface area (Å²) in [4.78, 5) is 0.304. The van der Waals surface area contributed by atoms with Gasteiger partial charge in [0.2, 0.25) is 10.0 Å². The van der Waals surface area contributed by atoms with Crippen molar-refractivity contribution >= 4 is 21.8 Å². The monoisotopic (exact) mass is 303 g/mol. The first-order valence-corrected chi connectivity index (χ1v) is 9.28. The molecule has 0 amide bonds. The van der Waals surface area contributed by atoms with Crippen LogP contribution in [0.5, 0.6) is 0 Å². The molecule has 0 aromatic carbocycles. The molecular weight excluding hydrogens is 282 g/mol. The molecule has 1 heterocycles. The zero-order valence-corrected chi connectivity index (χ0v) is 13.2. The van der Waals surface area contributed by atoms with E-state index >= 15 is 0 Å². The fourth-order valence-corrected chi connectivity index (χ4v) is 5.16. The van der Waals surface area contributed by atoms with E-state index in [0.717, 1.165) is 19.3 Å². The van der Waals surface area contributed by atoms with Crippen LogP contribution in [0.4, 0.5) is 0 Å². The van der Waals surface area contributed by atoms with Gasteiger partial charge in [0.1, 0.15) is 4.90 Å². The SMILES string of the molecule is CSC1CCCC(NS(=O)(=O)c2c(C)n[nH]c2C)C1. The van der Waals surface area contributed by atoms with E-state index in [9.17, 15) is 8.42 Å². The Kier molecular flexibility index (Phi) is 4.58. The molecule has 0 radical (unpaired) electrons. The van der Waals surface area contributed by atoms with Crippen LogP contribution >= 0.6 is 11.8 Å². The minimum absolute atomic E-state index is 0.0462. The van der Waals surface area contributed by atoms with Crippen molar-refractivity contribution < 1.29 is 8.42 Å². The molecule has 1 saturated carbocycles. The Balaban J connectivity index is 2.14. The fraction of sp³-hybridized carbons (Fsp3) is 0.750. The van der Waals surface area contributed by atoms with Crippen molar-refractivity contribution in [2.45, 2.75) is 55.7 Å². The lowest BCUT2D eigenvalue weighted by Gasteiger charge is -2.28. The van der Waals surface area contributed by atoms with Crippen molar-refractivity contribution in [1.29, 1.82) is 0 Å². The van der Waals surface area contributed by atoms with Gasteiger partial charge in [-0.1, -0.05) is 6.42 Å². The molecule has 5 nitrogen and oxygen atoms in total. The minimum atomic E-state index is -3.46. The van der Waals surface area contributed by atoms with Crippen LogP contribution in [-0.4, -0.2) is 36.2 Å². The average molecular weight is 303 g/mol. The molecule has 2 atom stereocenters. The van der Waals surface area contributed by atoms with E-state index in [1.165, 1.54) is 6.42 Å². The molecule has 2 unspecified atom stereocenters. The summed E-state index contributed by atoms with van der Waals surface area (Å²) in [6, 6.07) is 0.0462. The first-order chi connectivity index (χ1) is 8.94. The lowest BCUT2D eigenvalue weighted by atomic mass is 9.96. The predicted molar refractivity (Wildman–Crippen MR) is 77.9 cm³/mol. The molecular formula is C12H21N3O2S2. The molecule has 108 valence electrons. The summed E-state index contributed by atoms with van der Waals surface area (Å²) in [6.45, 7) is 3.45. The molecule has 0 aliphatic heterocycles. The molecule has 0 spiro atoms. The maximum atomic E-state index is 12.4. The second-order valence-corrected chi connectivity index (χ2v) is 7.89. The summed E-state index contributed by atoms with van der Waals surface area (Å²) in [7, 11) is -3.46. The molecule has 2 rings (SSSR count). The van der Waals surface area contributed by atoms with Crippen LogP contribution in [0.1, 0.15) is 37.1 Å². The van der Waals surface area contributed by atoms with E-state index in [1.807, 2.05) is 11.8 Å². The van der Waals surface area contributed by atoms with Crippen LogP contribution in [0.25, 0.3) is 0 Å². The number of nitrogens with one attached hydrogen (secondary N) is 2. The van der Waals surface area contributed by atoms with Gasteiger partial charge in [-0.2, -0.15) is 16.9 Å². The zero-order chi connectivity index (χ0) is 14.0. The van der Waals surface area contributed by atoms with Crippen LogP contribution in [0.2, 0.25) is 0 Å². The predicted octanol–water partition coefficient (Wildman–Crippen LogP) is 1.98. The van der Waals surface area contributed by atoms with Gasteiger partial charge in [0, 0.05) is 11.3 Å². The molecule has 1 fully saturated rings. The van der Waals surface area contributed by atoms with E-state index in [0.29, 0.717) is 21.5 Å². The molecule has 2 N–H and O–H groups in total. The van der Waals surface area contributed by atoms with Gasteiger partial charge in [0.25, 0.3) is 0 Å². The number of nitrogens with zero attached hydrogens (tertiary/aromatic N) is 1. The first-order valence-electron chi connectivity index (χ1n) is 6.50. The van der Waals surface area contributed by atoms with Gasteiger partial charge in [-0.25, -0.2) is 13.1 Å². The molecule has 1 aromatic rings. The summed E-state index contributed by atoms with van der Waals surface area (Å²) in [5.41, 5.74) is 1.13. The van der Waals surface area contributed by atoms with Crippen molar-refractivity contribution in [2.75, 3.05) is 6.26 Å². The molecule has 19 heavy (non-hydrogen) atoms. The molecule has 0 saturated heterocycles. The number of rotatable bonds is 4. The van der Waals surface area contributed by atoms with E-state index in [1.54, 1.807) is 13.8 Å². The van der Waals surface area contributed by atoms with E-state index < -0.39 is 10.0 Å². The molecule has 1 aliphatic rings. The van der Waals surface area contributed by atoms with Gasteiger partial charge < -0.3 is 0 Å². The summed E-state index contributed by atoms with van der Waals surface area (Å²) in [6.07, 6.45) is 6.19. The van der Waals surface area contributed by atoms with Crippen molar-refractivity contribution in [2.24, 2.45) is 0 Å². The van der Waals surface area contributed by atoms with Gasteiger partial charge in [-0.3, -0.25) is 5.10 Å². The number of aromatic nitrogens is 2. The molecule has 0 bridgehead atoms. The van der Waals surface area contributed by atoms with Crippen molar-refractivity contribution in [1.82, 2.24) is 14.9 Å². The second-order valence-electron chi connectivity index (χ2n) is 5.11. The van der Waals surface area contributed by atoms with Crippen LogP contribution < -0.4 is 4.72 Å². The van der Waals surface area contributed by atoms with Crippen molar-refractivity contribution in [3.05, 3.63) is 11.4 Å². The van der Waals surface area contributed by atoms with Crippen molar-refractivity contribution in [3.63, 3.8) is 0 Å². The summed E-state index contributed by atoms with van der Waals surface area (Å²) >= 11 is 1.83. The lowest BCUT2D eigenvalue weighted by molar-refractivity contribution is 0.420. The second kappa shape index (κ2) is 5.85. The largest absolute Gasteiger partial charge is 0.281 e. The van der Waals surface area contributed by atoms with Crippen LogP contribution in [-0.2, 0) is 10.0 Å². The Bertz CT molecular complexity index is 520. The van der Waals surface area contributed by atoms with Gasteiger partial charge in [0.15, 0.2) is 0 Å². The van der Waals surface area contributed by atoms with E-state index in [4.69, 9.17) is 0 Å². The highest BCUT2D eigenvalue weighted by atomic mass is 32.2. The Hall–Kier alpha value is -0.530. The number of sulfonamides is 1. The number of aromatic amines is 1. The summed E-state index contributed by atoms with van der Waals surface area (Å²) in [5.74, 6) is 0. The lowest BCUT2D eigenvalue weighted by Crippen LogP contribution is -2.39. The quantitative estimate of drug-likeness (QED) is 0.892. The minimum Gasteiger partial charge on any atom is -0.281 e. The van der Waals surface area contributed by atoms with E-state index in [2.05, 4.69) is 21.2 Å². The number of hydrogen-bond acceptors (Lipinski definition) is 4. The Labute approximate surface area is 119 Å². The Morgan fingerprint density at radius 3 is 2.68 bits per heavy atom. The highest BCUT2D eigenvalue weighted by Crippen LogP contribution is 2.28. The fourth-order valence-electron chi connectivity index (χ4n) is 2.68. The van der Waals surface area contributed by atoms with Gasteiger partial charge in [0.05, 0.1) is 11.4 Å². The third-order valence-electron chi connectivity index (χ3n) is 3.61. The standard InChI is InChI=1S/C12H21N3O2S2/c1-8-12(9(2)14-13-8)19(16,17)15-10-5-4-6-11(7-10)18-3/h10-11,15H,4-7H2,1-3H3,(H,13,14). The Morgan fingerprint density at radius 1 is 1.37 bits per heavy atom. The third kappa shape index (κ3) is 3.32. The maximum Gasteiger partial charge on any atom is 0.244 e. The smallest absolute Gasteiger partial charge is 0.244 e. The highest BCUT2D eigenvalue weighted by Gasteiger charge is 2.28. The van der Waals surface area contributed by atoms with E-state index in [-0.39, 0.29) is 6.04 Å². The third-order valence-corrected chi connectivity index (χ3v) is 6.49. The first kappa shape index (κ1) is 14.9. The molecule has 7 heteroatoms. The Morgan fingerprint density at radius 2 is 2.11 bits per heavy atom. The zero-order valence-electron chi connectivity index (χ0n) is 11.6. The van der Waals surface area contributed by atoms with Crippen LogP contribution in [0, 0.1) is 13.8 Å². The number of hydrogen-bond donors (Lipinski definition) is 2. The highest BCUT2D eigenvalue weighted by molar-refractivity contribution is 7.99. The molecule has 1 aliphatic carbocycles. The van der Waals surface area contributed by atoms with Crippen LogP contribution in [0.15, 0.2) is 4.90 Å². The number of H-pyrrole nitrogens is 1. The van der Waals surface area contributed by atoms with Gasteiger partial charge in [-0.05, 0) is 39.4 Å². The molecule has 1 aromatic heterocycles. The van der Waals surface area contributed by atoms with Crippen molar-refractivity contribution in [3.8, 4) is 0 Å². The summed E-state index contributed by atoms with van der Waals surface area (Å²) < 4.78 is 27.7. The summed E-state index contributed by atoms with van der Waals surface area (Å²) in [5, 5.41) is 7.25. The normalized spacial score (nSPS) is 24.6. The topological polar surface area (TPSA) is 74.8 Å². The van der Waals surface area contributed by atoms with Gasteiger partial charge >= 0.3 is 0 Å². The maximum absolute atomic E-state index is 12.4.